The van der Waals surface area contributed by atoms with Gasteiger partial charge in [0.1, 0.15) is 0 Å². The molecule has 1 aliphatic carbocycles. The van der Waals surface area contributed by atoms with Crippen molar-refractivity contribution in [2.75, 3.05) is 0 Å². The van der Waals surface area contributed by atoms with Gasteiger partial charge in [0.05, 0.1) is 5.56 Å². The second-order valence-corrected chi connectivity index (χ2v) is 5.79. The van der Waals surface area contributed by atoms with Gasteiger partial charge in [-0.2, -0.15) is 0 Å². The van der Waals surface area contributed by atoms with Crippen LogP contribution in [-0.4, -0.2) is 29.0 Å². The Morgan fingerprint density at radius 1 is 1.27 bits per heavy atom. The molecule has 0 saturated heterocycles. The van der Waals surface area contributed by atoms with Crippen LogP contribution in [0.15, 0.2) is 30.5 Å². The van der Waals surface area contributed by atoms with Gasteiger partial charge in [0, 0.05) is 23.1 Å². The third kappa shape index (κ3) is 2.98. The number of carbonyl (C=O) groups is 2. The van der Waals surface area contributed by atoms with E-state index in [0.717, 1.165) is 36.6 Å². The van der Waals surface area contributed by atoms with Gasteiger partial charge >= 0.3 is 5.97 Å². The van der Waals surface area contributed by atoms with E-state index in [1.54, 1.807) is 13.1 Å². The normalized spacial score (nSPS) is 16.6. The maximum Gasteiger partial charge on any atom is 0.341 e. The van der Waals surface area contributed by atoms with Crippen molar-refractivity contribution in [3.8, 4) is 0 Å². The molecule has 5 heteroatoms. The highest BCUT2D eigenvalue weighted by Crippen LogP contribution is 2.20. The summed E-state index contributed by atoms with van der Waals surface area (Å²) in [7, 11) is 0. The molecule has 22 heavy (non-hydrogen) atoms. The van der Waals surface area contributed by atoms with Gasteiger partial charge < -0.3 is 15.0 Å². The van der Waals surface area contributed by atoms with Crippen molar-refractivity contribution in [2.24, 2.45) is 0 Å². The number of nitrogens with one attached hydrogen (secondary N) is 2. The Morgan fingerprint density at radius 2 is 2.00 bits per heavy atom. The largest absolute Gasteiger partial charge is 0.449 e. The standard InChI is InChI=1S/C17H20N2O3/c1-11(16(20)19-12-6-2-3-7-12)22-17(21)14-10-18-15-9-5-4-8-13(14)15/h4-5,8-12,18H,2-3,6-7H2,1H3,(H,19,20)/t11-/m0/s1. The molecule has 0 aliphatic heterocycles. The molecule has 3 rings (SSSR count). The minimum Gasteiger partial charge on any atom is -0.449 e. The summed E-state index contributed by atoms with van der Waals surface area (Å²) in [6.45, 7) is 1.61. The number of carbonyl (C=O) groups excluding carboxylic acids is 2. The molecule has 1 heterocycles. The molecule has 1 aromatic heterocycles. The third-order valence-corrected chi connectivity index (χ3v) is 4.16. The van der Waals surface area contributed by atoms with E-state index in [0.29, 0.717) is 5.56 Å². The van der Waals surface area contributed by atoms with E-state index >= 15 is 0 Å². The monoisotopic (exact) mass is 300 g/mol. The van der Waals surface area contributed by atoms with Crippen molar-refractivity contribution in [1.82, 2.24) is 10.3 Å². The Kier molecular flexibility index (Phi) is 4.13. The van der Waals surface area contributed by atoms with E-state index in [9.17, 15) is 9.59 Å². The highest BCUT2D eigenvalue weighted by molar-refractivity contribution is 6.04. The SMILES string of the molecule is C[C@H](OC(=O)c1c[nH]c2ccccc12)C(=O)NC1CCCC1. The number of aromatic amines is 1. The maximum atomic E-state index is 12.2. The summed E-state index contributed by atoms with van der Waals surface area (Å²) in [6.07, 6.45) is 5.14. The predicted octanol–water partition coefficient (Wildman–Crippen LogP) is 2.77. The van der Waals surface area contributed by atoms with E-state index in [4.69, 9.17) is 4.74 Å². The van der Waals surface area contributed by atoms with E-state index in [1.165, 1.54) is 0 Å². The summed E-state index contributed by atoms with van der Waals surface area (Å²) in [5, 5.41) is 3.74. The average molecular weight is 300 g/mol. The second kappa shape index (κ2) is 6.22. The molecule has 1 aliphatic rings. The molecule has 1 amide bonds. The molecule has 0 unspecified atom stereocenters. The quantitative estimate of drug-likeness (QED) is 0.853. The average Bonchev–Trinajstić information content (AvgIpc) is 3.15. The lowest BCUT2D eigenvalue weighted by molar-refractivity contribution is -0.129. The fraction of sp³-hybridized carbons (Fsp3) is 0.412. The summed E-state index contributed by atoms with van der Waals surface area (Å²) in [5.41, 5.74) is 1.33. The summed E-state index contributed by atoms with van der Waals surface area (Å²) in [4.78, 5) is 27.4. The lowest BCUT2D eigenvalue weighted by Crippen LogP contribution is -2.40. The number of benzene rings is 1. The molecule has 1 atom stereocenters. The minimum absolute atomic E-state index is 0.222. The number of H-pyrrole nitrogens is 1. The van der Waals surface area contributed by atoms with Gasteiger partial charge in [0.25, 0.3) is 5.91 Å². The summed E-state index contributed by atoms with van der Waals surface area (Å²) in [5.74, 6) is -0.702. The minimum atomic E-state index is -0.790. The molecule has 2 N–H and O–H groups in total. The van der Waals surface area contributed by atoms with Gasteiger partial charge in [-0.25, -0.2) is 4.79 Å². The van der Waals surface area contributed by atoms with Gasteiger partial charge in [-0.3, -0.25) is 4.79 Å². The zero-order chi connectivity index (χ0) is 15.5. The number of amides is 1. The molecular formula is C17H20N2O3. The zero-order valence-electron chi connectivity index (χ0n) is 12.6. The predicted molar refractivity (Wildman–Crippen MR) is 83.6 cm³/mol. The second-order valence-electron chi connectivity index (χ2n) is 5.79. The molecule has 0 spiro atoms. The van der Waals surface area contributed by atoms with Crippen molar-refractivity contribution >= 4 is 22.8 Å². The molecule has 0 radical (unpaired) electrons. The van der Waals surface area contributed by atoms with Crippen molar-refractivity contribution in [3.63, 3.8) is 0 Å². The summed E-state index contributed by atoms with van der Waals surface area (Å²) in [6, 6.07) is 7.73. The Hall–Kier alpha value is -2.30. The van der Waals surface area contributed by atoms with Gasteiger partial charge in [0.2, 0.25) is 0 Å². The topological polar surface area (TPSA) is 71.2 Å². The van der Waals surface area contributed by atoms with Crippen LogP contribution in [0.5, 0.6) is 0 Å². The molecule has 1 fully saturated rings. The van der Waals surface area contributed by atoms with Crippen LogP contribution >= 0.6 is 0 Å². The molecule has 1 saturated carbocycles. The number of para-hydroxylation sites is 1. The van der Waals surface area contributed by atoms with Crippen molar-refractivity contribution < 1.29 is 14.3 Å². The molecule has 0 bridgehead atoms. The lowest BCUT2D eigenvalue weighted by atomic mass is 10.2. The lowest BCUT2D eigenvalue weighted by Gasteiger charge is -2.17. The van der Waals surface area contributed by atoms with Crippen LogP contribution in [-0.2, 0) is 9.53 Å². The van der Waals surface area contributed by atoms with E-state index in [-0.39, 0.29) is 11.9 Å². The third-order valence-electron chi connectivity index (χ3n) is 4.16. The molecule has 116 valence electrons. The van der Waals surface area contributed by atoms with Crippen molar-refractivity contribution in [2.45, 2.75) is 44.8 Å². The van der Waals surface area contributed by atoms with Crippen LogP contribution in [0.2, 0.25) is 0 Å². The van der Waals surface area contributed by atoms with Crippen molar-refractivity contribution in [1.29, 1.82) is 0 Å². The Labute approximate surface area is 129 Å². The van der Waals surface area contributed by atoms with Gasteiger partial charge in [-0.05, 0) is 25.8 Å². The highest BCUT2D eigenvalue weighted by atomic mass is 16.5. The van der Waals surface area contributed by atoms with Crippen LogP contribution in [0, 0.1) is 0 Å². The number of esters is 1. The first-order valence-corrected chi connectivity index (χ1v) is 7.72. The molecular weight excluding hydrogens is 280 g/mol. The fourth-order valence-corrected chi connectivity index (χ4v) is 2.91. The van der Waals surface area contributed by atoms with Crippen LogP contribution in [0.3, 0.4) is 0 Å². The first kappa shape index (κ1) is 14.6. The zero-order valence-corrected chi connectivity index (χ0v) is 12.6. The molecule has 1 aromatic carbocycles. The molecule has 2 aromatic rings. The Bertz CT molecular complexity index is 686. The first-order chi connectivity index (χ1) is 10.6. The number of fused-ring (bicyclic) bond motifs is 1. The molecule has 5 nitrogen and oxygen atoms in total. The number of hydrogen-bond acceptors (Lipinski definition) is 3. The summed E-state index contributed by atoms with van der Waals surface area (Å²) < 4.78 is 5.30. The number of aromatic nitrogens is 1. The van der Waals surface area contributed by atoms with Crippen LogP contribution < -0.4 is 5.32 Å². The fourth-order valence-electron chi connectivity index (χ4n) is 2.91. The van der Waals surface area contributed by atoms with Crippen molar-refractivity contribution in [3.05, 3.63) is 36.0 Å². The Balaban J connectivity index is 1.64. The number of rotatable bonds is 4. The van der Waals surface area contributed by atoms with Crippen LogP contribution in [0.4, 0.5) is 0 Å². The van der Waals surface area contributed by atoms with E-state index in [1.807, 2.05) is 24.3 Å². The van der Waals surface area contributed by atoms with Crippen LogP contribution in [0.25, 0.3) is 10.9 Å². The number of ether oxygens (including phenoxy) is 1. The van der Waals surface area contributed by atoms with Gasteiger partial charge in [0.15, 0.2) is 6.10 Å². The van der Waals surface area contributed by atoms with Crippen LogP contribution in [0.1, 0.15) is 43.0 Å². The summed E-state index contributed by atoms with van der Waals surface area (Å²) >= 11 is 0. The highest BCUT2D eigenvalue weighted by Gasteiger charge is 2.24. The van der Waals surface area contributed by atoms with E-state index < -0.39 is 12.1 Å². The smallest absolute Gasteiger partial charge is 0.341 e. The van der Waals surface area contributed by atoms with E-state index in [2.05, 4.69) is 10.3 Å². The van der Waals surface area contributed by atoms with Gasteiger partial charge in [-0.1, -0.05) is 31.0 Å². The first-order valence-electron chi connectivity index (χ1n) is 7.72. The Morgan fingerprint density at radius 3 is 2.77 bits per heavy atom. The van der Waals surface area contributed by atoms with Gasteiger partial charge in [-0.15, -0.1) is 0 Å². The number of hydrogen-bond donors (Lipinski definition) is 2. The maximum absolute atomic E-state index is 12.2.